The summed E-state index contributed by atoms with van der Waals surface area (Å²) in [4.78, 5) is 14.2. The van der Waals surface area contributed by atoms with Crippen LogP contribution < -0.4 is 31.4 Å². The van der Waals surface area contributed by atoms with Crippen LogP contribution in [-0.4, -0.2) is 36.3 Å². The Morgan fingerprint density at radius 2 is 1.00 bits per heavy atom. The number of fused-ring (bicyclic) bond motifs is 2. The molecule has 12 atom stereocenters. The first kappa shape index (κ1) is 19.7. The lowest BCUT2D eigenvalue weighted by molar-refractivity contribution is -1.33. The molecule has 2 saturated heterocycles. The molecule has 0 aromatic heterocycles. The van der Waals surface area contributed by atoms with Crippen molar-refractivity contribution in [3.8, 4) is 0 Å². The van der Waals surface area contributed by atoms with E-state index in [0.29, 0.717) is 25.7 Å². The number of hydrogen-bond donors (Lipinski definition) is 6. The van der Waals surface area contributed by atoms with E-state index in [4.69, 9.17) is 4.94 Å². The Kier molecular flexibility index (Phi) is 5.60. The van der Waals surface area contributed by atoms with Gasteiger partial charge in [-0.2, -0.15) is 31.4 Å². The van der Waals surface area contributed by atoms with Gasteiger partial charge in [0.15, 0.2) is 24.2 Å². The highest BCUT2D eigenvalue weighted by Crippen LogP contribution is 2.17. The van der Waals surface area contributed by atoms with Crippen molar-refractivity contribution in [2.24, 2.45) is 0 Å². The molecule has 156 valence electrons. The average Bonchev–Trinajstić information content (AvgIpc) is 3.10. The number of hydrogen-bond acceptors (Lipinski definition) is 9. The van der Waals surface area contributed by atoms with E-state index in [-0.39, 0.29) is 12.8 Å². The molecule has 2 aliphatic heterocycles. The monoisotopic (exact) mass is 396 g/mol. The molecule has 27 heavy (non-hydrogen) atoms. The molecule has 2 saturated carbocycles. The van der Waals surface area contributed by atoms with Crippen molar-refractivity contribution in [1.82, 2.24) is 0 Å². The van der Waals surface area contributed by atoms with E-state index in [1.165, 1.54) is 0 Å². The molecule has 2 aliphatic carbocycles. The first-order valence-corrected chi connectivity index (χ1v) is 9.11. The van der Waals surface area contributed by atoms with E-state index < -0.39 is 67.6 Å². The maximum absolute atomic E-state index is 12.3. The van der Waals surface area contributed by atoms with Crippen molar-refractivity contribution in [3.63, 3.8) is 0 Å². The van der Waals surface area contributed by atoms with Gasteiger partial charge in [0, 0.05) is 25.7 Å². The maximum Gasteiger partial charge on any atom is 0.183 e. The minimum absolute atomic E-state index is 0.123. The summed E-state index contributed by atoms with van der Waals surface area (Å²) in [5, 5.41) is 67.3. The van der Waals surface area contributed by atoms with Gasteiger partial charge in [0.25, 0.3) is 0 Å². The van der Waals surface area contributed by atoms with Crippen molar-refractivity contribution in [1.29, 1.82) is 0 Å². The van der Waals surface area contributed by atoms with Gasteiger partial charge >= 0.3 is 0 Å². The topological polar surface area (TPSA) is 193 Å². The first-order chi connectivity index (χ1) is 12.8. The normalized spacial score (nSPS) is 52.2. The smallest absolute Gasteiger partial charge is 0.183 e. The molecule has 6 N–H and O–H groups in total. The Labute approximate surface area is 153 Å². The molecule has 4 fully saturated rings. The van der Waals surface area contributed by atoms with Gasteiger partial charge < -0.3 is 31.2 Å². The SMILES string of the molecule is [O-][NH+](O[NH+]([O-])C1CCC2C(C1)[NH+]([O-])O[NH+]2[O-])C1CCC2C(C1)[NH+]([O-])O[NH+]2[O-]. The van der Waals surface area contributed by atoms with Crippen LogP contribution in [0.15, 0.2) is 0 Å². The lowest BCUT2D eigenvalue weighted by atomic mass is 9.87. The van der Waals surface area contributed by atoms with E-state index in [9.17, 15) is 31.2 Å². The van der Waals surface area contributed by atoms with Gasteiger partial charge in [-0.15, -0.1) is 0 Å². The Balaban J connectivity index is 1.30. The zero-order valence-electron chi connectivity index (χ0n) is 14.4. The summed E-state index contributed by atoms with van der Waals surface area (Å²) in [6.45, 7) is 0. The number of quaternary nitrogens is 6. The van der Waals surface area contributed by atoms with Gasteiger partial charge in [-0.3, -0.25) is 0 Å². The van der Waals surface area contributed by atoms with Crippen molar-refractivity contribution >= 4 is 0 Å². The van der Waals surface area contributed by atoms with E-state index in [0.717, 1.165) is 0 Å². The summed E-state index contributed by atoms with van der Waals surface area (Å²) in [7, 11) is 0. The van der Waals surface area contributed by atoms with Crippen molar-refractivity contribution in [2.75, 3.05) is 0 Å². The summed E-state index contributed by atoms with van der Waals surface area (Å²) >= 11 is 0. The van der Waals surface area contributed by atoms with Crippen molar-refractivity contribution in [2.45, 2.75) is 74.8 Å². The Morgan fingerprint density at radius 3 is 1.41 bits per heavy atom. The third kappa shape index (κ3) is 3.69. The lowest BCUT2D eigenvalue weighted by Gasteiger charge is -2.38. The second-order valence-corrected chi connectivity index (χ2v) is 7.67. The van der Waals surface area contributed by atoms with Crippen LogP contribution in [0.25, 0.3) is 0 Å². The van der Waals surface area contributed by atoms with Crippen LogP contribution >= 0.6 is 0 Å². The molecule has 4 aliphatic rings. The van der Waals surface area contributed by atoms with Crippen LogP contribution in [0.2, 0.25) is 0 Å². The summed E-state index contributed by atoms with van der Waals surface area (Å²) in [6.07, 6.45) is 1.60. The Bertz CT molecular complexity index is 492. The van der Waals surface area contributed by atoms with E-state index in [2.05, 4.69) is 9.88 Å². The van der Waals surface area contributed by atoms with Crippen LogP contribution in [0.5, 0.6) is 0 Å². The zero-order chi connectivity index (χ0) is 19.3. The molecule has 0 amide bonds. The van der Waals surface area contributed by atoms with Crippen LogP contribution in [0.1, 0.15) is 38.5 Å². The Morgan fingerprint density at radius 1 is 0.630 bits per heavy atom. The third-order valence-electron chi connectivity index (χ3n) is 6.18. The van der Waals surface area contributed by atoms with Gasteiger partial charge in [0.1, 0.15) is 12.1 Å². The van der Waals surface area contributed by atoms with Crippen LogP contribution in [-0.2, 0) is 14.8 Å². The largest absolute Gasteiger partial charge is 0.595 e. The second-order valence-electron chi connectivity index (χ2n) is 7.67. The van der Waals surface area contributed by atoms with E-state index >= 15 is 0 Å². The summed E-state index contributed by atoms with van der Waals surface area (Å²) in [5.74, 6) is 0. The van der Waals surface area contributed by atoms with Crippen molar-refractivity contribution in [3.05, 3.63) is 31.2 Å². The fraction of sp³-hybridized carbons (Fsp3) is 1.00. The predicted octanol–water partition coefficient (Wildman–Crippen LogP) is -8.57. The Hall–Kier alpha value is -0.600. The lowest BCUT2D eigenvalue weighted by Crippen LogP contribution is -3.29. The molecule has 12 unspecified atom stereocenters. The molecule has 15 nitrogen and oxygen atoms in total. The van der Waals surface area contributed by atoms with Gasteiger partial charge in [-0.1, -0.05) is 0 Å². The van der Waals surface area contributed by atoms with Gasteiger partial charge in [-0.25, -0.2) is 0 Å². The standard InChI is InChI=1S/C12H24N6O9/c19-13(7-1-3-9-11(5-7)17(23)26-15(9)21)25-14(20)8-2-4-10-12(6-8)18(24)27-16(10)22/h7-18H,1-6H2. The van der Waals surface area contributed by atoms with Crippen LogP contribution in [0.3, 0.4) is 0 Å². The highest BCUT2D eigenvalue weighted by molar-refractivity contribution is 4.80. The number of nitrogens with one attached hydrogen (secondary N) is 6. The molecule has 0 aromatic carbocycles. The van der Waals surface area contributed by atoms with E-state index in [1.807, 2.05) is 0 Å². The number of hydroxylamine groups is 12. The van der Waals surface area contributed by atoms with E-state index in [1.54, 1.807) is 0 Å². The molecular weight excluding hydrogens is 372 g/mol. The number of rotatable bonds is 4. The summed E-state index contributed by atoms with van der Waals surface area (Å²) < 4.78 is 0. The zero-order valence-corrected chi connectivity index (χ0v) is 14.4. The molecule has 0 aromatic rings. The molecule has 0 radical (unpaired) electrons. The molecule has 4 rings (SSSR count). The molecule has 15 heteroatoms. The quantitative estimate of drug-likeness (QED) is 0.198. The molecule has 2 heterocycles. The third-order valence-corrected chi connectivity index (χ3v) is 6.18. The molecular formula is C12H24N6O9. The fourth-order valence-corrected chi connectivity index (χ4v) is 4.62. The van der Waals surface area contributed by atoms with Gasteiger partial charge in [0.2, 0.25) is 0 Å². The summed E-state index contributed by atoms with van der Waals surface area (Å²) in [6, 6.07) is -3.65. The maximum atomic E-state index is 12.3. The highest BCUT2D eigenvalue weighted by atomic mass is 17.1. The molecule has 0 spiro atoms. The second kappa shape index (κ2) is 7.67. The van der Waals surface area contributed by atoms with Crippen LogP contribution in [0.4, 0.5) is 0 Å². The minimum atomic E-state index is -0.724. The highest BCUT2D eigenvalue weighted by Gasteiger charge is 2.52. The first-order valence-electron chi connectivity index (χ1n) is 9.11. The molecule has 0 bridgehead atoms. The average molecular weight is 396 g/mol. The fourth-order valence-electron chi connectivity index (χ4n) is 4.62. The predicted molar refractivity (Wildman–Crippen MR) is 79.7 cm³/mol. The van der Waals surface area contributed by atoms with Gasteiger partial charge in [-0.05, 0) is 14.8 Å². The van der Waals surface area contributed by atoms with Crippen LogP contribution in [0, 0.1) is 31.2 Å². The van der Waals surface area contributed by atoms with Crippen molar-refractivity contribution < 1.29 is 46.2 Å². The minimum Gasteiger partial charge on any atom is -0.595 e. The summed E-state index contributed by atoms with van der Waals surface area (Å²) in [5.41, 5.74) is 0. The van der Waals surface area contributed by atoms with Gasteiger partial charge in [0.05, 0.1) is 12.8 Å².